The van der Waals surface area contributed by atoms with Crippen molar-refractivity contribution in [2.45, 2.75) is 45.4 Å². The van der Waals surface area contributed by atoms with E-state index < -0.39 is 5.97 Å². The van der Waals surface area contributed by atoms with Crippen LogP contribution < -0.4 is 0 Å². The van der Waals surface area contributed by atoms with Crippen molar-refractivity contribution in [1.29, 1.82) is 0 Å². The molecule has 5 heteroatoms. The van der Waals surface area contributed by atoms with Gasteiger partial charge >= 0.3 is 5.97 Å². The predicted octanol–water partition coefficient (Wildman–Crippen LogP) is 2.27. The van der Waals surface area contributed by atoms with Gasteiger partial charge in [-0.25, -0.2) is 0 Å². The smallest absolute Gasteiger partial charge is 0.325 e. The first-order valence-electron chi connectivity index (χ1n) is 6.27. The Hall–Kier alpha value is -1.65. The molecule has 0 heterocycles. The quantitative estimate of drug-likeness (QED) is 0.581. The third kappa shape index (κ3) is 3.98. The van der Waals surface area contributed by atoms with Crippen molar-refractivity contribution in [3.8, 4) is 0 Å². The normalized spacial score (nSPS) is 21.2. The molecule has 0 atom stereocenters. The van der Waals surface area contributed by atoms with Crippen LogP contribution in [-0.2, 0) is 9.59 Å². The summed E-state index contributed by atoms with van der Waals surface area (Å²) in [6.45, 7) is 1.65. The van der Waals surface area contributed by atoms with E-state index in [1.165, 1.54) is 0 Å². The Morgan fingerprint density at radius 2 is 2.06 bits per heavy atom. The highest BCUT2D eigenvalue weighted by atomic mass is 16.4. The Morgan fingerprint density at radius 3 is 2.67 bits per heavy atom. The molecule has 1 aliphatic carbocycles. The van der Waals surface area contributed by atoms with Crippen molar-refractivity contribution >= 4 is 17.5 Å². The topological polar surface area (TPSA) is 87.0 Å². The molecule has 1 rings (SSSR count). The van der Waals surface area contributed by atoms with Crippen LogP contribution in [0.15, 0.2) is 16.3 Å². The fourth-order valence-corrected chi connectivity index (χ4v) is 1.95. The summed E-state index contributed by atoms with van der Waals surface area (Å²) in [4.78, 5) is 26.2. The van der Waals surface area contributed by atoms with E-state index in [0.717, 1.165) is 12.8 Å². The summed E-state index contributed by atoms with van der Waals surface area (Å²) in [5.41, 5.74) is 0.707. The highest BCUT2D eigenvalue weighted by molar-refractivity contribution is 6.24. The number of unbranched alkanes of at least 4 members (excludes halogenated alkanes) is 1. The summed E-state index contributed by atoms with van der Waals surface area (Å²) in [7, 11) is 0. The number of rotatable bonds is 5. The number of aliphatic hydroxyl groups excluding tert-OH is 1. The lowest BCUT2D eigenvalue weighted by Gasteiger charge is -2.17. The summed E-state index contributed by atoms with van der Waals surface area (Å²) >= 11 is 0. The number of aliphatic imine (C=N–C) groups is 1. The molecule has 0 radical (unpaired) electrons. The van der Waals surface area contributed by atoms with Crippen molar-refractivity contribution in [2.24, 2.45) is 4.99 Å². The second-order valence-corrected chi connectivity index (χ2v) is 4.36. The van der Waals surface area contributed by atoms with E-state index in [4.69, 9.17) is 5.11 Å². The number of Topliss-reactive ketones (excluding diaryl/α,β-unsaturated/α-hetero) is 1. The Balaban J connectivity index is 2.95. The van der Waals surface area contributed by atoms with Crippen LogP contribution in [-0.4, -0.2) is 34.2 Å². The van der Waals surface area contributed by atoms with Gasteiger partial charge in [0, 0.05) is 18.6 Å². The molecule has 0 unspecified atom stereocenters. The molecule has 1 saturated carbocycles. The lowest BCUT2D eigenvalue weighted by molar-refractivity contribution is -0.135. The molecular weight excluding hydrogens is 234 g/mol. The molecule has 0 aromatic heterocycles. The number of carbonyl (C=O) groups excluding carboxylic acids is 1. The molecule has 5 nitrogen and oxygen atoms in total. The molecule has 0 amide bonds. The molecule has 2 N–H and O–H groups in total. The summed E-state index contributed by atoms with van der Waals surface area (Å²) in [6, 6.07) is 0. The largest absolute Gasteiger partial charge is 0.511 e. The zero-order valence-electron chi connectivity index (χ0n) is 10.6. The maximum atomic E-state index is 11.8. The van der Waals surface area contributed by atoms with E-state index >= 15 is 0 Å². The van der Waals surface area contributed by atoms with Crippen molar-refractivity contribution in [3.63, 3.8) is 0 Å². The van der Waals surface area contributed by atoms with Crippen molar-refractivity contribution < 1.29 is 19.8 Å². The summed E-state index contributed by atoms with van der Waals surface area (Å²) in [5, 5.41) is 18.5. The minimum absolute atomic E-state index is 0.0608. The van der Waals surface area contributed by atoms with Crippen LogP contribution in [0.4, 0.5) is 0 Å². The first kappa shape index (κ1) is 14.4. The maximum absolute atomic E-state index is 11.8. The van der Waals surface area contributed by atoms with Gasteiger partial charge in [-0.2, -0.15) is 0 Å². The minimum atomic E-state index is -1.03. The fourth-order valence-electron chi connectivity index (χ4n) is 1.95. The van der Waals surface area contributed by atoms with E-state index in [0.29, 0.717) is 31.4 Å². The van der Waals surface area contributed by atoms with Crippen LogP contribution in [0.5, 0.6) is 0 Å². The van der Waals surface area contributed by atoms with Gasteiger partial charge < -0.3 is 10.2 Å². The summed E-state index contributed by atoms with van der Waals surface area (Å²) in [5.74, 6) is -1.10. The molecule has 1 aliphatic rings. The van der Waals surface area contributed by atoms with Crippen molar-refractivity contribution in [3.05, 3.63) is 11.3 Å². The van der Waals surface area contributed by atoms with Gasteiger partial charge in [-0.05, 0) is 19.3 Å². The number of carbonyl (C=O) groups is 2. The van der Waals surface area contributed by atoms with Gasteiger partial charge in [0.05, 0.1) is 5.57 Å². The molecule has 18 heavy (non-hydrogen) atoms. The third-order valence-electron chi connectivity index (χ3n) is 2.85. The first-order chi connectivity index (χ1) is 8.56. The number of carboxylic acids is 1. The number of aliphatic hydroxyl groups is 1. The minimum Gasteiger partial charge on any atom is -0.511 e. The van der Waals surface area contributed by atoms with E-state index in [9.17, 15) is 14.7 Å². The third-order valence-corrected chi connectivity index (χ3v) is 2.85. The average molecular weight is 253 g/mol. The molecule has 0 aliphatic heterocycles. The Labute approximate surface area is 106 Å². The molecule has 0 aromatic carbocycles. The second-order valence-electron chi connectivity index (χ2n) is 4.36. The highest BCUT2D eigenvalue weighted by Gasteiger charge is 2.25. The zero-order chi connectivity index (χ0) is 13.5. The average Bonchev–Trinajstić information content (AvgIpc) is 2.33. The number of allylic oxidation sites excluding steroid dienone is 2. The molecular formula is C13H19NO4. The standard InChI is InChI=1S/C13H19NO4/c1-2-3-6-10(15)13-9(14-8-12(17)18)5-4-7-11(13)16/h15H,2-8H2,1H3,(H,17,18)/b13-10+,14-9?. The van der Waals surface area contributed by atoms with Gasteiger partial charge in [-0.15, -0.1) is 0 Å². The van der Waals surface area contributed by atoms with Gasteiger partial charge in [-0.1, -0.05) is 13.3 Å². The van der Waals surface area contributed by atoms with Crippen molar-refractivity contribution in [2.75, 3.05) is 6.54 Å². The van der Waals surface area contributed by atoms with E-state index in [1.807, 2.05) is 6.92 Å². The molecule has 0 saturated heterocycles. The number of hydrogen-bond acceptors (Lipinski definition) is 4. The summed E-state index contributed by atoms with van der Waals surface area (Å²) in [6.07, 6.45) is 3.80. The molecule has 0 aromatic rings. The van der Waals surface area contributed by atoms with Gasteiger partial charge in [0.15, 0.2) is 5.78 Å². The Morgan fingerprint density at radius 1 is 1.33 bits per heavy atom. The first-order valence-corrected chi connectivity index (χ1v) is 6.27. The van der Waals surface area contributed by atoms with Crippen LogP contribution >= 0.6 is 0 Å². The summed E-state index contributed by atoms with van der Waals surface area (Å²) < 4.78 is 0. The van der Waals surface area contributed by atoms with Gasteiger partial charge in [-0.3, -0.25) is 14.6 Å². The molecule has 0 spiro atoms. The van der Waals surface area contributed by atoms with Crippen LogP contribution in [0.1, 0.15) is 45.4 Å². The predicted molar refractivity (Wildman–Crippen MR) is 68.0 cm³/mol. The lowest BCUT2D eigenvalue weighted by atomic mass is 9.89. The SMILES string of the molecule is CCCC/C(O)=C1\C(=O)CCCC1=NCC(=O)O. The Kier molecular flexibility index (Phi) is 5.55. The van der Waals surface area contributed by atoms with Crippen LogP contribution in [0.3, 0.4) is 0 Å². The zero-order valence-corrected chi connectivity index (χ0v) is 10.6. The van der Waals surface area contributed by atoms with Crippen LogP contribution in [0.2, 0.25) is 0 Å². The van der Waals surface area contributed by atoms with Gasteiger partial charge in [0.25, 0.3) is 0 Å². The number of carboxylic acid groups (broad SMARTS) is 1. The van der Waals surface area contributed by atoms with Crippen LogP contribution in [0, 0.1) is 0 Å². The van der Waals surface area contributed by atoms with E-state index in [-0.39, 0.29) is 23.7 Å². The van der Waals surface area contributed by atoms with Crippen LogP contribution in [0.25, 0.3) is 0 Å². The number of hydrogen-bond donors (Lipinski definition) is 2. The molecule has 1 fully saturated rings. The maximum Gasteiger partial charge on any atom is 0.325 e. The monoisotopic (exact) mass is 253 g/mol. The fraction of sp³-hybridized carbons (Fsp3) is 0.615. The van der Waals surface area contributed by atoms with Crippen molar-refractivity contribution in [1.82, 2.24) is 0 Å². The number of ketones is 1. The number of nitrogens with zero attached hydrogens (tertiary/aromatic N) is 1. The second kappa shape index (κ2) is 6.93. The number of aliphatic carboxylic acids is 1. The highest BCUT2D eigenvalue weighted by Crippen LogP contribution is 2.22. The molecule has 100 valence electrons. The molecule has 0 bridgehead atoms. The van der Waals surface area contributed by atoms with E-state index in [2.05, 4.69) is 4.99 Å². The van der Waals surface area contributed by atoms with Gasteiger partial charge in [0.2, 0.25) is 0 Å². The Bertz CT molecular complexity index is 396. The van der Waals surface area contributed by atoms with Gasteiger partial charge in [0.1, 0.15) is 12.3 Å². The van der Waals surface area contributed by atoms with E-state index in [1.54, 1.807) is 0 Å². The lowest BCUT2D eigenvalue weighted by Crippen LogP contribution is -2.22.